The third kappa shape index (κ3) is 4.07. The molecule has 1 unspecified atom stereocenters. The summed E-state index contributed by atoms with van der Waals surface area (Å²) in [6, 6.07) is 13.0. The van der Waals surface area contributed by atoms with Crippen molar-refractivity contribution in [1.82, 2.24) is 0 Å². The van der Waals surface area contributed by atoms with Crippen LogP contribution in [0, 0.1) is 11.7 Å². The van der Waals surface area contributed by atoms with Crippen molar-refractivity contribution in [2.75, 3.05) is 11.9 Å². The Hall–Kier alpha value is -2.40. The van der Waals surface area contributed by atoms with Crippen LogP contribution < -0.4 is 10.1 Å². The van der Waals surface area contributed by atoms with E-state index in [0.717, 1.165) is 12.8 Å². The zero-order chi connectivity index (χ0) is 16.2. The van der Waals surface area contributed by atoms with Crippen LogP contribution in [0.4, 0.5) is 10.1 Å². The average Bonchev–Trinajstić information content (AvgIpc) is 3.39. The Morgan fingerprint density at radius 2 is 1.91 bits per heavy atom. The van der Waals surface area contributed by atoms with Crippen LogP contribution in [0.1, 0.15) is 24.5 Å². The Morgan fingerprint density at radius 3 is 2.57 bits per heavy atom. The van der Waals surface area contributed by atoms with Gasteiger partial charge in [-0.15, -0.1) is 0 Å². The number of aliphatic hydroxyl groups is 1. The van der Waals surface area contributed by atoms with E-state index in [0.29, 0.717) is 11.4 Å². The van der Waals surface area contributed by atoms with Gasteiger partial charge in [-0.05, 0) is 43.2 Å². The second kappa shape index (κ2) is 6.79. The van der Waals surface area contributed by atoms with E-state index >= 15 is 0 Å². The van der Waals surface area contributed by atoms with Gasteiger partial charge in [-0.2, -0.15) is 0 Å². The molecule has 0 aliphatic heterocycles. The van der Waals surface area contributed by atoms with E-state index in [1.807, 2.05) is 0 Å². The van der Waals surface area contributed by atoms with Gasteiger partial charge in [0.05, 0.1) is 0 Å². The van der Waals surface area contributed by atoms with Crippen LogP contribution in [0.2, 0.25) is 0 Å². The van der Waals surface area contributed by atoms with Crippen molar-refractivity contribution in [3.8, 4) is 5.75 Å². The second-order valence-corrected chi connectivity index (χ2v) is 5.64. The van der Waals surface area contributed by atoms with Gasteiger partial charge in [0.15, 0.2) is 0 Å². The molecular weight excluding hydrogens is 297 g/mol. The molecule has 3 rings (SSSR count). The molecule has 23 heavy (non-hydrogen) atoms. The van der Waals surface area contributed by atoms with Crippen molar-refractivity contribution in [1.29, 1.82) is 0 Å². The molecule has 1 saturated carbocycles. The number of amides is 1. The van der Waals surface area contributed by atoms with E-state index in [2.05, 4.69) is 5.32 Å². The highest BCUT2D eigenvalue weighted by molar-refractivity contribution is 5.94. The van der Waals surface area contributed by atoms with Gasteiger partial charge in [0.2, 0.25) is 5.91 Å². The van der Waals surface area contributed by atoms with E-state index in [-0.39, 0.29) is 24.0 Å². The molecule has 0 bridgehead atoms. The van der Waals surface area contributed by atoms with Crippen LogP contribution >= 0.6 is 0 Å². The van der Waals surface area contributed by atoms with Gasteiger partial charge >= 0.3 is 0 Å². The van der Waals surface area contributed by atoms with Crippen LogP contribution in [0.25, 0.3) is 0 Å². The van der Waals surface area contributed by atoms with Gasteiger partial charge in [0.25, 0.3) is 0 Å². The standard InChI is InChI=1S/C18H18FNO3/c19-16-4-2-1-3-15(16)17(21)11-23-14-9-7-13(8-10-14)20-18(22)12-5-6-12/h1-4,7-10,12,17,21H,5-6,11H2,(H,20,22). The number of hydrogen-bond acceptors (Lipinski definition) is 3. The highest BCUT2D eigenvalue weighted by atomic mass is 19.1. The molecule has 120 valence electrons. The van der Waals surface area contributed by atoms with Gasteiger partial charge < -0.3 is 15.2 Å². The molecule has 2 N–H and O–H groups in total. The predicted molar refractivity (Wildman–Crippen MR) is 84.7 cm³/mol. The molecule has 0 saturated heterocycles. The first-order chi connectivity index (χ1) is 11.1. The summed E-state index contributed by atoms with van der Waals surface area (Å²) in [7, 11) is 0. The summed E-state index contributed by atoms with van der Waals surface area (Å²) < 4.78 is 19.0. The predicted octanol–water partition coefficient (Wildman–Crippen LogP) is 3.29. The lowest BCUT2D eigenvalue weighted by Crippen LogP contribution is -2.13. The average molecular weight is 315 g/mol. The van der Waals surface area contributed by atoms with Crippen molar-refractivity contribution in [2.45, 2.75) is 18.9 Å². The molecule has 0 spiro atoms. The number of carbonyl (C=O) groups is 1. The van der Waals surface area contributed by atoms with E-state index in [1.165, 1.54) is 12.1 Å². The number of halogens is 1. The third-order valence-electron chi connectivity index (χ3n) is 3.74. The molecular formula is C18H18FNO3. The molecule has 1 aliphatic carbocycles. The van der Waals surface area contributed by atoms with E-state index in [9.17, 15) is 14.3 Å². The van der Waals surface area contributed by atoms with Gasteiger partial charge in [0.1, 0.15) is 24.3 Å². The molecule has 4 nitrogen and oxygen atoms in total. The molecule has 1 aliphatic rings. The minimum atomic E-state index is -1.04. The van der Waals surface area contributed by atoms with Crippen LogP contribution in [0.15, 0.2) is 48.5 Å². The molecule has 1 atom stereocenters. The Morgan fingerprint density at radius 1 is 1.22 bits per heavy atom. The Labute approximate surface area is 133 Å². The lowest BCUT2D eigenvalue weighted by molar-refractivity contribution is -0.117. The number of rotatable bonds is 6. The molecule has 2 aromatic rings. The van der Waals surface area contributed by atoms with Crippen molar-refractivity contribution in [3.63, 3.8) is 0 Å². The van der Waals surface area contributed by atoms with Gasteiger partial charge in [-0.25, -0.2) is 4.39 Å². The number of benzene rings is 2. The largest absolute Gasteiger partial charge is 0.491 e. The number of ether oxygens (including phenoxy) is 1. The fourth-order valence-corrected chi connectivity index (χ4v) is 2.23. The molecule has 0 heterocycles. The first kappa shape index (κ1) is 15.5. The highest BCUT2D eigenvalue weighted by Crippen LogP contribution is 2.30. The highest BCUT2D eigenvalue weighted by Gasteiger charge is 2.29. The summed E-state index contributed by atoms with van der Waals surface area (Å²) in [6.45, 7) is -0.0469. The summed E-state index contributed by atoms with van der Waals surface area (Å²) in [5.41, 5.74) is 0.921. The summed E-state index contributed by atoms with van der Waals surface area (Å²) >= 11 is 0. The second-order valence-electron chi connectivity index (χ2n) is 5.64. The third-order valence-corrected chi connectivity index (χ3v) is 3.74. The van der Waals surface area contributed by atoms with Gasteiger partial charge in [-0.3, -0.25) is 4.79 Å². The molecule has 5 heteroatoms. The lowest BCUT2D eigenvalue weighted by Gasteiger charge is -2.13. The summed E-state index contributed by atoms with van der Waals surface area (Å²) in [5, 5.41) is 12.8. The molecule has 1 fully saturated rings. The van der Waals surface area contributed by atoms with Gasteiger partial charge in [0, 0.05) is 17.2 Å². The lowest BCUT2D eigenvalue weighted by atomic mass is 10.1. The Kier molecular flexibility index (Phi) is 4.57. The normalized spacial score (nSPS) is 15.0. The Bertz CT molecular complexity index is 683. The molecule has 1 amide bonds. The van der Waals surface area contributed by atoms with Crippen LogP contribution in [0.5, 0.6) is 5.75 Å². The van der Waals surface area contributed by atoms with E-state index < -0.39 is 11.9 Å². The number of aliphatic hydroxyl groups excluding tert-OH is 1. The van der Waals surface area contributed by atoms with E-state index in [1.54, 1.807) is 36.4 Å². The maximum atomic E-state index is 13.6. The van der Waals surface area contributed by atoms with E-state index in [4.69, 9.17) is 4.74 Å². The van der Waals surface area contributed by atoms with Crippen LogP contribution in [0.3, 0.4) is 0 Å². The number of carbonyl (C=O) groups excluding carboxylic acids is 1. The van der Waals surface area contributed by atoms with Crippen LogP contribution in [-0.2, 0) is 4.79 Å². The fourth-order valence-electron chi connectivity index (χ4n) is 2.23. The van der Waals surface area contributed by atoms with Gasteiger partial charge in [-0.1, -0.05) is 18.2 Å². The van der Waals surface area contributed by atoms with Crippen molar-refractivity contribution in [2.24, 2.45) is 5.92 Å². The van der Waals surface area contributed by atoms with Crippen molar-refractivity contribution in [3.05, 3.63) is 59.9 Å². The zero-order valence-electron chi connectivity index (χ0n) is 12.5. The first-order valence-electron chi connectivity index (χ1n) is 7.59. The SMILES string of the molecule is O=C(Nc1ccc(OCC(O)c2ccccc2F)cc1)C1CC1. The molecule has 0 radical (unpaired) electrons. The maximum absolute atomic E-state index is 13.6. The number of hydrogen-bond donors (Lipinski definition) is 2. The zero-order valence-corrected chi connectivity index (χ0v) is 12.5. The van der Waals surface area contributed by atoms with Crippen LogP contribution in [-0.4, -0.2) is 17.6 Å². The smallest absolute Gasteiger partial charge is 0.227 e. The number of nitrogens with one attached hydrogen (secondary N) is 1. The topological polar surface area (TPSA) is 58.6 Å². The number of anilines is 1. The summed E-state index contributed by atoms with van der Waals surface area (Å²) in [5.74, 6) is 0.294. The minimum absolute atomic E-state index is 0.0469. The molecule has 2 aromatic carbocycles. The van der Waals surface area contributed by atoms with Crippen molar-refractivity contribution >= 4 is 11.6 Å². The maximum Gasteiger partial charge on any atom is 0.227 e. The minimum Gasteiger partial charge on any atom is -0.491 e. The monoisotopic (exact) mass is 315 g/mol. The quantitative estimate of drug-likeness (QED) is 0.860. The molecule has 0 aromatic heterocycles. The summed E-state index contributed by atoms with van der Waals surface area (Å²) in [4.78, 5) is 11.7. The summed E-state index contributed by atoms with van der Waals surface area (Å²) in [6.07, 6.45) is 0.882. The Balaban J connectivity index is 1.54. The van der Waals surface area contributed by atoms with Crippen molar-refractivity contribution < 1.29 is 19.0 Å². The first-order valence-corrected chi connectivity index (χ1v) is 7.59. The fraction of sp³-hybridized carbons (Fsp3) is 0.278.